The first kappa shape index (κ1) is 11.9. The molecule has 0 bridgehead atoms. The van der Waals surface area contributed by atoms with Gasteiger partial charge in [0.25, 0.3) is 0 Å². The number of ether oxygens (including phenoxy) is 2. The molecule has 1 heterocycles. The zero-order chi connectivity index (χ0) is 11.6. The van der Waals surface area contributed by atoms with Gasteiger partial charge in [-0.15, -0.1) is 0 Å². The Morgan fingerprint density at radius 1 is 1.38 bits per heavy atom. The van der Waals surface area contributed by atoms with Gasteiger partial charge in [-0.2, -0.15) is 0 Å². The summed E-state index contributed by atoms with van der Waals surface area (Å²) in [6.07, 6.45) is 8.46. The molecule has 2 aliphatic rings. The molecular weight excluding hydrogens is 200 g/mol. The lowest BCUT2D eigenvalue weighted by atomic mass is 9.68. The fraction of sp³-hybridized carbons (Fsp3) is 0.714. The van der Waals surface area contributed by atoms with Gasteiger partial charge in [0.2, 0.25) is 0 Å². The summed E-state index contributed by atoms with van der Waals surface area (Å²) >= 11 is 0. The lowest BCUT2D eigenvalue weighted by Crippen LogP contribution is -2.46. The summed E-state index contributed by atoms with van der Waals surface area (Å²) in [5.41, 5.74) is 1.73. The fourth-order valence-corrected chi connectivity index (χ4v) is 2.62. The van der Waals surface area contributed by atoms with E-state index in [-0.39, 0.29) is 11.7 Å². The van der Waals surface area contributed by atoms with Crippen molar-refractivity contribution in [2.75, 3.05) is 13.2 Å². The summed E-state index contributed by atoms with van der Waals surface area (Å²) in [6, 6.07) is 0. The second-order valence-electron chi connectivity index (χ2n) is 5.24. The Labute approximate surface area is 98.3 Å². The van der Waals surface area contributed by atoms with E-state index in [0.717, 1.165) is 19.6 Å². The van der Waals surface area contributed by atoms with Gasteiger partial charge in [-0.25, -0.2) is 0 Å². The van der Waals surface area contributed by atoms with Crippen molar-refractivity contribution in [2.24, 2.45) is 11.3 Å². The average molecular weight is 222 g/mol. The van der Waals surface area contributed by atoms with Crippen LogP contribution in [0, 0.1) is 11.3 Å². The SMILES string of the molecule is CC=CC1OCC2(CC=C(C)CC2C)CO1. The maximum atomic E-state index is 5.78. The van der Waals surface area contributed by atoms with Crippen LogP contribution in [-0.4, -0.2) is 19.5 Å². The fourth-order valence-electron chi connectivity index (χ4n) is 2.62. The summed E-state index contributed by atoms with van der Waals surface area (Å²) < 4.78 is 11.6. The monoisotopic (exact) mass is 222 g/mol. The Balaban J connectivity index is 2.01. The highest BCUT2D eigenvalue weighted by atomic mass is 16.7. The third-order valence-electron chi connectivity index (χ3n) is 3.95. The van der Waals surface area contributed by atoms with Crippen LogP contribution in [0.1, 0.15) is 33.6 Å². The number of hydrogen-bond acceptors (Lipinski definition) is 2. The molecule has 2 heteroatoms. The normalized spacial score (nSPS) is 40.3. The van der Waals surface area contributed by atoms with Crippen LogP contribution in [0.2, 0.25) is 0 Å². The molecule has 1 fully saturated rings. The van der Waals surface area contributed by atoms with E-state index in [1.807, 2.05) is 19.1 Å². The molecular formula is C14H22O2. The van der Waals surface area contributed by atoms with Crippen molar-refractivity contribution in [3.05, 3.63) is 23.8 Å². The highest BCUT2D eigenvalue weighted by molar-refractivity contribution is 5.10. The van der Waals surface area contributed by atoms with Gasteiger partial charge in [0.1, 0.15) is 0 Å². The van der Waals surface area contributed by atoms with Crippen molar-refractivity contribution in [1.29, 1.82) is 0 Å². The maximum Gasteiger partial charge on any atom is 0.176 e. The van der Waals surface area contributed by atoms with Crippen molar-refractivity contribution >= 4 is 0 Å². The molecule has 2 rings (SSSR count). The van der Waals surface area contributed by atoms with Crippen molar-refractivity contribution < 1.29 is 9.47 Å². The van der Waals surface area contributed by atoms with Crippen molar-refractivity contribution in [3.63, 3.8) is 0 Å². The van der Waals surface area contributed by atoms with Gasteiger partial charge in [-0.05, 0) is 38.7 Å². The molecule has 0 aromatic heterocycles. The minimum Gasteiger partial charge on any atom is -0.348 e. The second-order valence-corrected chi connectivity index (χ2v) is 5.24. The minimum atomic E-state index is -0.130. The lowest BCUT2D eigenvalue weighted by molar-refractivity contribution is -0.219. The standard InChI is InChI=1S/C14H22O2/c1-4-5-13-15-9-14(10-16-13)7-6-11(2)8-12(14)3/h4-6,12-13H,7-10H2,1-3H3. The van der Waals surface area contributed by atoms with Crippen molar-refractivity contribution in [1.82, 2.24) is 0 Å². The second kappa shape index (κ2) is 4.72. The van der Waals surface area contributed by atoms with E-state index < -0.39 is 0 Å². The quantitative estimate of drug-likeness (QED) is 0.634. The summed E-state index contributed by atoms with van der Waals surface area (Å²) in [5.74, 6) is 0.657. The zero-order valence-electron chi connectivity index (χ0n) is 10.5. The van der Waals surface area contributed by atoms with Crippen LogP contribution in [0.25, 0.3) is 0 Å². The van der Waals surface area contributed by atoms with Crippen LogP contribution in [0.15, 0.2) is 23.8 Å². The van der Waals surface area contributed by atoms with Gasteiger partial charge in [0, 0.05) is 5.41 Å². The van der Waals surface area contributed by atoms with Crippen LogP contribution >= 0.6 is 0 Å². The average Bonchev–Trinajstić information content (AvgIpc) is 2.27. The molecule has 0 N–H and O–H groups in total. The summed E-state index contributed by atoms with van der Waals surface area (Å²) in [6.45, 7) is 8.18. The number of hydrogen-bond donors (Lipinski definition) is 0. The highest BCUT2D eigenvalue weighted by Crippen LogP contribution is 2.43. The molecule has 1 aliphatic heterocycles. The maximum absolute atomic E-state index is 5.78. The Kier molecular flexibility index (Phi) is 3.50. The molecule has 16 heavy (non-hydrogen) atoms. The van der Waals surface area contributed by atoms with Crippen molar-refractivity contribution in [3.8, 4) is 0 Å². The van der Waals surface area contributed by atoms with E-state index in [0.29, 0.717) is 5.92 Å². The van der Waals surface area contributed by atoms with Crippen LogP contribution in [0.4, 0.5) is 0 Å². The molecule has 1 spiro atoms. The third-order valence-corrected chi connectivity index (χ3v) is 3.95. The van der Waals surface area contributed by atoms with Gasteiger partial charge < -0.3 is 9.47 Å². The minimum absolute atomic E-state index is 0.130. The number of allylic oxidation sites excluding steroid dienone is 3. The first-order valence-electron chi connectivity index (χ1n) is 6.18. The van der Waals surface area contributed by atoms with E-state index in [1.165, 1.54) is 12.0 Å². The molecule has 1 unspecified atom stereocenters. The Hall–Kier alpha value is -0.600. The molecule has 90 valence electrons. The molecule has 1 saturated heterocycles. The van der Waals surface area contributed by atoms with Gasteiger partial charge in [-0.3, -0.25) is 0 Å². The molecule has 0 saturated carbocycles. The topological polar surface area (TPSA) is 18.5 Å². The first-order chi connectivity index (χ1) is 7.66. The van der Waals surface area contributed by atoms with E-state index >= 15 is 0 Å². The van der Waals surface area contributed by atoms with Gasteiger partial charge in [0.05, 0.1) is 13.2 Å². The van der Waals surface area contributed by atoms with E-state index in [1.54, 1.807) is 0 Å². The number of rotatable bonds is 1. The first-order valence-corrected chi connectivity index (χ1v) is 6.18. The smallest absolute Gasteiger partial charge is 0.176 e. The zero-order valence-corrected chi connectivity index (χ0v) is 10.5. The van der Waals surface area contributed by atoms with E-state index in [2.05, 4.69) is 19.9 Å². The van der Waals surface area contributed by atoms with Crippen molar-refractivity contribution in [2.45, 2.75) is 39.9 Å². The van der Waals surface area contributed by atoms with E-state index in [4.69, 9.17) is 9.47 Å². The predicted octanol–water partition coefficient (Wildman–Crippen LogP) is 3.30. The third kappa shape index (κ3) is 2.23. The molecule has 2 nitrogen and oxygen atoms in total. The van der Waals surface area contributed by atoms with Gasteiger partial charge >= 0.3 is 0 Å². The molecule has 0 aromatic rings. The molecule has 0 amide bonds. The highest BCUT2D eigenvalue weighted by Gasteiger charge is 2.41. The summed E-state index contributed by atoms with van der Waals surface area (Å²) in [7, 11) is 0. The largest absolute Gasteiger partial charge is 0.348 e. The van der Waals surface area contributed by atoms with Crippen LogP contribution in [-0.2, 0) is 9.47 Å². The Bertz CT molecular complexity index is 296. The Morgan fingerprint density at radius 2 is 2.06 bits per heavy atom. The van der Waals surface area contributed by atoms with Crippen LogP contribution < -0.4 is 0 Å². The summed E-state index contributed by atoms with van der Waals surface area (Å²) in [4.78, 5) is 0. The lowest BCUT2D eigenvalue weighted by Gasteiger charge is -2.45. The molecule has 0 aromatic carbocycles. The Morgan fingerprint density at radius 3 is 2.62 bits per heavy atom. The summed E-state index contributed by atoms with van der Waals surface area (Å²) in [5, 5.41) is 0. The van der Waals surface area contributed by atoms with Gasteiger partial charge in [0.15, 0.2) is 6.29 Å². The molecule has 1 aliphatic carbocycles. The van der Waals surface area contributed by atoms with Crippen LogP contribution in [0.5, 0.6) is 0 Å². The molecule has 1 atom stereocenters. The molecule has 0 radical (unpaired) electrons. The van der Waals surface area contributed by atoms with Gasteiger partial charge in [-0.1, -0.05) is 24.6 Å². The van der Waals surface area contributed by atoms with E-state index in [9.17, 15) is 0 Å². The van der Waals surface area contributed by atoms with Crippen LogP contribution in [0.3, 0.4) is 0 Å². The predicted molar refractivity (Wildman–Crippen MR) is 65.1 cm³/mol.